The predicted octanol–water partition coefficient (Wildman–Crippen LogP) is 3.47. The SMILES string of the molecule is COCC(C)C(c1ccco1)N(C)C(=O)OC(C)(C)C. The van der Waals surface area contributed by atoms with Crippen molar-refractivity contribution in [2.24, 2.45) is 5.92 Å². The minimum absolute atomic E-state index is 0.0867. The van der Waals surface area contributed by atoms with Crippen LogP contribution >= 0.6 is 0 Å². The second-order valence-electron chi connectivity index (χ2n) is 5.98. The number of methoxy groups -OCH3 is 1. The molecular formula is C15H25NO4. The molecule has 5 nitrogen and oxygen atoms in total. The third kappa shape index (κ3) is 4.56. The average Bonchev–Trinajstić information content (AvgIpc) is 2.80. The molecule has 2 unspecified atom stereocenters. The van der Waals surface area contributed by atoms with Gasteiger partial charge in [0, 0.05) is 20.1 Å². The molecule has 0 bridgehead atoms. The van der Waals surface area contributed by atoms with E-state index in [1.807, 2.05) is 39.8 Å². The van der Waals surface area contributed by atoms with Gasteiger partial charge in [0.15, 0.2) is 0 Å². The van der Waals surface area contributed by atoms with E-state index in [-0.39, 0.29) is 18.1 Å². The van der Waals surface area contributed by atoms with Gasteiger partial charge in [0.2, 0.25) is 0 Å². The van der Waals surface area contributed by atoms with Gasteiger partial charge in [0.1, 0.15) is 11.4 Å². The summed E-state index contributed by atoms with van der Waals surface area (Å²) in [5.41, 5.74) is -0.524. The highest BCUT2D eigenvalue weighted by Crippen LogP contribution is 2.29. The molecule has 0 fully saturated rings. The summed E-state index contributed by atoms with van der Waals surface area (Å²) < 4.78 is 16.1. The first-order chi connectivity index (χ1) is 9.26. The second-order valence-corrected chi connectivity index (χ2v) is 5.98. The molecule has 114 valence electrons. The van der Waals surface area contributed by atoms with Crippen molar-refractivity contribution in [3.63, 3.8) is 0 Å². The predicted molar refractivity (Wildman–Crippen MR) is 76.5 cm³/mol. The average molecular weight is 283 g/mol. The molecule has 1 aromatic rings. The molecule has 2 atom stereocenters. The number of ether oxygens (including phenoxy) is 2. The van der Waals surface area contributed by atoms with E-state index in [9.17, 15) is 4.79 Å². The van der Waals surface area contributed by atoms with Crippen LogP contribution in [-0.2, 0) is 9.47 Å². The number of amides is 1. The Hall–Kier alpha value is -1.49. The fourth-order valence-electron chi connectivity index (χ4n) is 2.11. The maximum absolute atomic E-state index is 12.2. The van der Waals surface area contributed by atoms with Crippen LogP contribution in [0, 0.1) is 5.92 Å². The molecule has 1 heterocycles. The van der Waals surface area contributed by atoms with E-state index in [0.717, 1.165) is 5.76 Å². The number of hydrogen-bond acceptors (Lipinski definition) is 4. The van der Waals surface area contributed by atoms with Gasteiger partial charge in [-0.15, -0.1) is 0 Å². The Morgan fingerprint density at radius 3 is 2.55 bits per heavy atom. The molecule has 20 heavy (non-hydrogen) atoms. The van der Waals surface area contributed by atoms with Gasteiger partial charge in [-0.05, 0) is 32.9 Å². The lowest BCUT2D eigenvalue weighted by atomic mass is 9.99. The quantitative estimate of drug-likeness (QED) is 0.830. The third-order valence-corrected chi connectivity index (χ3v) is 2.90. The molecule has 0 aromatic carbocycles. The first kappa shape index (κ1) is 16.6. The lowest BCUT2D eigenvalue weighted by Crippen LogP contribution is -2.39. The van der Waals surface area contributed by atoms with E-state index in [0.29, 0.717) is 6.61 Å². The van der Waals surface area contributed by atoms with Crippen molar-refractivity contribution < 1.29 is 18.7 Å². The zero-order valence-corrected chi connectivity index (χ0v) is 13.2. The Labute approximate surface area is 120 Å². The van der Waals surface area contributed by atoms with E-state index in [1.165, 1.54) is 0 Å². The van der Waals surface area contributed by atoms with Gasteiger partial charge in [-0.3, -0.25) is 0 Å². The summed E-state index contributed by atoms with van der Waals surface area (Å²) in [5, 5.41) is 0. The number of nitrogens with zero attached hydrogens (tertiary/aromatic N) is 1. The summed E-state index contributed by atoms with van der Waals surface area (Å²) in [7, 11) is 3.36. The molecular weight excluding hydrogens is 258 g/mol. The zero-order chi connectivity index (χ0) is 15.3. The fourth-order valence-corrected chi connectivity index (χ4v) is 2.11. The molecule has 0 saturated carbocycles. The first-order valence-corrected chi connectivity index (χ1v) is 6.74. The van der Waals surface area contributed by atoms with Crippen molar-refractivity contribution in [1.29, 1.82) is 0 Å². The minimum atomic E-state index is -0.524. The first-order valence-electron chi connectivity index (χ1n) is 6.74. The van der Waals surface area contributed by atoms with Gasteiger partial charge >= 0.3 is 6.09 Å². The normalized spacial score (nSPS) is 14.7. The number of furan rings is 1. The summed E-state index contributed by atoms with van der Waals surface area (Å²) >= 11 is 0. The highest BCUT2D eigenvalue weighted by molar-refractivity contribution is 5.68. The summed E-state index contributed by atoms with van der Waals surface area (Å²) in [6.45, 7) is 8.08. The van der Waals surface area contributed by atoms with Crippen LogP contribution < -0.4 is 0 Å². The number of hydrogen-bond donors (Lipinski definition) is 0. The van der Waals surface area contributed by atoms with Crippen LogP contribution in [-0.4, -0.2) is 37.4 Å². The van der Waals surface area contributed by atoms with Gasteiger partial charge in [-0.25, -0.2) is 4.79 Å². The minimum Gasteiger partial charge on any atom is -0.467 e. The Bertz CT molecular complexity index is 408. The van der Waals surface area contributed by atoms with Crippen LogP contribution in [0.4, 0.5) is 4.79 Å². The zero-order valence-electron chi connectivity index (χ0n) is 13.2. The maximum atomic E-state index is 12.2. The Balaban J connectivity index is 2.90. The molecule has 5 heteroatoms. The fraction of sp³-hybridized carbons (Fsp3) is 0.667. The Morgan fingerprint density at radius 1 is 1.45 bits per heavy atom. The van der Waals surface area contributed by atoms with Crippen LogP contribution in [0.3, 0.4) is 0 Å². The van der Waals surface area contributed by atoms with Crippen molar-refractivity contribution >= 4 is 6.09 Å². The highest BCUT2D eigenvalue weighted by Gasteiger charge is 2.32. The van der Waals surface area contributed by atoms with Crippen LogP contribution in [0.5, 0.6) is 0 Å². The van der Waals surface area contributed by atoms with Crippen molar-refractivity contribution in [2.45, 2.75) is 39.3 Å². The molecule has 0 N–H and O–H groups in total. The number of carbonyl (C=O) groups is 1. The summed E-state index contributed by atoms with van der Waals surface area (Å²) in [4.78, 5) is 13.8. The summed E-state index contributed by atoms with van der Waals surface area (Å²) in [5.74, 6) is 0.812. The van der Waals surface area contributed by atoms with Crippen molar-refractivity contribution in [3.05, 3.63) is 24.2 Å². The molecule has 1 aromatic heterocycles. The molecule has 0 aliphatic rings. The molecule has 0 aliphatic carbocycles. The molecule has 1 rings (SSSR count). The van der Waals surface area contributed by atoms with Crippen LogP contribution in [0.2, 0.25) is 0 Å². The van der Waals surface area contributed by atoms with E-state index in [1.54, 1.807) is 25.3 Å². The number of carbonyl (C=O) groups excluding carboxylic acids is 1. The van der Waals surface area contributed by atoms with Crippen LogP contribution in [0.15, 0.2) is 22.8 Å². The Morgan fingerprint density at radius 2 is 2.10 bits per heavy atom. The van der Waals surface area contributed by atoms with E-state index < -0.39 is 5.60 Å². The van der Waals surface area contributed by atoms with E-state index in [4.69, 9.17) is 13.9 Å². The third-order valence-electron chi connectivity index (χ3n) is 2.90. The summed E-state index contributed by atoms with van der Waals surface area (Å²) in [6.07, 6.45) is 1.23. The standard InChI is InChI=1S/C15H25NO4/c1-11(10-18-6)13(12-8-7-9-19-12)16(5)14(17)20-15(2,3)4/h7-9,11,13H,10H2,1-6H3. The largest absolute Gasteiger partial charge is 0.467 e. The number of rotatable bonds is 5. The van der Waals surface area contributed by atoms with Gasteiger partial charge in [-0.2, -0.15) is 0 Å². The summed E-state index contributed by atoms with van der Waals surface area (Å²) in [6, 6.07) is 3.45. The van der Waals surface area contributed by atoms with Gasteiger partial charge < -0.3 is 18.8 Å². The van der Waals surface area contributed by atoms with Gasteiger partial charge in [0.05, 0.1) is 18.9 Å². The van der Waals surface area contributed by atoms with Gasteiger partial charge in [-0.1, -0.05) is 6.92 Å². The van der Waals surface area contributed by atoms with Gasteiger partial charge in [0.25, 0.3) is 0 Å². The highest BCUT2D eigenvalue weighted by atomic mass is 16.6. The van der Waals surface area contributed by atoms with Crippen LogP contribution in [0.25, 0.3) is 0 Å². The van der Waals surface area contributed by atoms with Crippen LogP contribution in [0.1, 0.15) is 39.5 Å². The van der Waals surface area contributed by atoms with Crippen molar-refractivity contribution in [1.82, 2.24) is 4.90 Å². The van der Waals surface area contributed by atoms with E-state index >= 15 is 0 Å². The second kappa shape index (κ2) is 6.79. The molecule has 0 saturated heterocycles. The molecule has 1 amide bonds. The van der Waals surface area contributed by atoms with Crippen molar-refractivity contribution in [3.8, 4) is 0 Å². The molecule has 0 spiro atoms. The topological polar surface area (TPSA) is 51.9 Å². The monoisotopic (exact) mass is 283 g/mol. The lowest BCUT2D eigenvalue weighted by Gasteiger charge is -2.32. The lowest BCUT2D eigenvalue weighted by molar-refractivity contribution is 0.00804. The maximum Gasteiger partial charge on any atom is 0.410 e. The molecule has 0 radical (unpaired) electrons. The Kier molecular flexibility index (Phi) is 5.62. The molecule has 0 aliphatic heterocycles. The van der Waals surface area contributed by atoms with E-state index in [2.05, 4.69) is 0 Å². The smallest absolute Gasteiger partial charge is 0.410 e. The van der Waals surface area contributed by atoms with Crippen molar-refractivity contribution in [2.75, 3.05) is 20.8 Å².